The summed E-state index contributed by atoms with van der Waals surface area (Å²) < 4.78 is 0. The number of H-pyrrole nitrogens is 2. The lowest BCUT2D eigenvalue weighted by Gasteiger charge is -2.22. The normalized spacial score (nSPS) is 11.6. The molecule has 32 nitrogen and oxygen atoms in total. The average Bonchev–Trinajstić information content (AvgIpc) is 1.61. The van der Waals surface area contributed by atoms with E-state index in [2.05, 4.69) is 31.2 Å². The number of aromatic nitrogens is 4. The van der Waals surface area contributed by atoms with E-state index in [1.807, 2.05) is 0 Å². The van der Waals surface area contributed by atoms with E-state index >= 15 is 0 Å². The minimum Gasteiger partial charge on any atom is -0.549 e. The zero-order valence-electron chi connectivity index (χ0n) is 52.2. The van der Waals surface area contributed by atoms with Crippen molar-refractivity contribution in [3.8, 4) is 44.5 Å². The number of carbonyl (C=O) groups is 12. The third-order valence-corrected chi connectivity index (χ3v) is 14.9. The lowest BCUT2D eigenvalue weighted by atomic mass is 10.0. The topological polar surface area (TPSA) is 508 Å². The van der Waals surface area contributed by atoms with Crippen molar-refractivity contribution in [3.05, 3.63) is 144 Å². The van der Waals surface area contributed by atoms with Crippen LogP contribution >= 0.6 is 0 Å². The highest BCUT2D eigenvalue weighted by Crippen LogP contribution is 2.39. The zero-order valence-corrected chi connectivity index (χ0v) is 52.2. The van der Waals surface area contributed by atoms with Crippen LogP contribution in [-0.2, 0) is 57.5 Å². The molecule has 514 valence electrons. The fraction of sp³-hybridized carbons (Fsp3) is 0.176. The predicted octanol–water partition coefficient (Wildman–Crippen LogP) is -5.72. The number of hydrogen-bond acceptors (Lipinski definition) is 26. The summed E-state index contributed by atoms with van der Waals surface area (Å²) in [7, 11) is 0. The molecule has 6 N–H and O–H groups in total. The maximum absolute atomic E-state index is 13.2. The number of benzene rings is 4. The van der Waals surface area contributed by atoms with E-state index in [0.29, 0.717) is 89.4 Å². The Hall–Kier alpha value is -13.0. The number of fused-ring (bicyclic) bond motifs is 8. The van der Waals surface area contributed by atoms with Crippen LogP contribution in [0, 0.1) is 0 Å². The van der Waals surface area contributed by atoms with Crippen molar-refractivity contribution >= 4 is 141 Å². The van der Waals surface area contributed by atoms with Gasteiger partial charge in [0, 0.05) is 119 Å². The van der Waals surface area contributed by atoms with Gasteiger partial charge in [0.25, 0.3) is 0 Å². The molecule has 100 heavy (non-hydrogen) atoms. The van der Waals surface area contributed by atoms with E-state index in [1.54, 1.807) is 146 Å². The summed E-state index contributed by atoms with van der Waals surface area (Å²) >= 11 is 0. The van der Waals surface area contributed by atoms with Crippen LogP contribution in [0.25, 0.3) is 90.9 Å². The number of aliphatic carboxylic acids is 8. The Labute approximate surface area is 564 Å². The number of nitrogens with zero attached hydrogens (tertiary/aromatic N) is 6. The van der Waals surface area contributed by atoms with Crippen LogP contribution in [0.4, 0.5) is 22.7 Å². The molecule has 3 aromatic heterocycles. The molecular weight excluding hydrogens is 1300 g/mol. The van der Waals surface area contributed by atoms with E-state index in [0.717, 1.165) is 19.6 Å². The summed E-state index contributed by atoms with van der Waals surface area (Å²) in [5.74, 6) is -16.1. The van der Waals surface area contributed by atoms with Gasteiger partial charge in [0.1, 0.15) is 0 Å². The Balaban J connectivity index is 1.23. The van der Waals surface area contributed by atoms with Gasteiger partial charge in [0.2, 0.25) is 23.6 Å². The van der Waals surface area contributed by atoms with Gasteiger partial charge in [0.05, 0.1) is 96.7 Å². The molecule has 7 aromatic rings. The molecule has 0 spiro atoms. The molecule has 2 aliphatic rings. The second-order valence-electron chi connectivity index (χ2n) is 22.6. The molecular formula is C68H54N12O20-8. The molecule has 0 atom stereocenters. The van der Waals surface area contributed by atoms with Crippen molar-refractivity contribution in [2.24, 2.45) is 0 Å². The van der Waals surface area contributed by atoms with E-state index in [9.17, 15) is 98.4 Å². The maximum Gasteiger partial charge on any atom is 0.238 e. The van der Waals surface area contributed by atoms with E-state index in [1.165, 1.54) is 0 Å². The summed E-state index contributed by atoms with van der Waals surface area (Å²) in [6, 6.07) is 32.7. The molecule has 0 saturated carbocycles. The van der Waals surface area contributed by atoms with Crippen LogP contribution in [0.5, 0.6) is 0 Å². The molecule has 5 heterocycles. The number of carboxylic acid groups (broad SMARTS) is 8. The molecule has 4 amide bonds. The largest absolute Gasteiger partial charge is 0.549 e. The first-order valence-corrected chi connectivity index (χ1v) is 29.9. The molecule has 0 fully saturated rings. The number of rotatable bonds is 32. The lowest BCUT2D eigenvalue weighted by Crippen LogP contribution is -2.47. The highest BCUT2D eigenvalue weighted by atomic mass is 16.4. The molecule has 0 radical (unpaired) electrons. The Morgan fingerprint density at radius 3 is 0.590 bits per heavy atom. The summed E-state index contributed by atoms with van der Waals surface area (Å²) in [5, 5.41) is 102. The molecule has 9 rings (SSSR count). The van der Waals surface area contributed by atoms with Crippen LogP contribution in [-0.4, -0.2) is 189 Å². The Morgan fingerprint density at radius 2 is 0.430 bits per heavy atom. The van der Waals surface area contributed by atoms with Crippen molar-refractivity contribution in [1.82, 2.24) is 39.5 Å². The molecule has 32 heteroatoms. The number of aromatic amines is 2. The quantitative estimate of drug-likeness (QED) is 0.0229. The number of carboxylic acids is 8. The van der Waals surface area contributed by atoms with Gasteiger partial charge in [-0.2, -0.15) is 0 Å². The van der Waals surface area contributed by atoms with E-state index in [4.69, 9.17) is 9.97 Å². The number of nitrogens with one attached hydrogen (secondary N) is 6. The first kappa shape index (κ1) is 71.3. The maximum atomic E-state index is 13.2. The number of anilines is 4. The van der Waals surface area contributed by atoms with Crippen molar-refractivity contribution in [1.29, 1.82) is 0 Å². The van der Waals surface area contributed by atoms with Gasteiger partial charge >= 0.3 is 0 Å². The number of amides is 4. The summed E-state index contributed by atoms with van der Waals surface area (Å²) in [6.45, 7) is -9.62. The Bertz CT molecular complexity index is 4010. The average molecular weight is 1360 g/mol. The molecule has 2 aliphatic heterocycles. The third kappa shape index (κ3) is 19.6. The smallest absolute Gasteiger partial charge is 0.238 e. The van der Waals surface area contributed by atoms with Gasteiger partial charge in [-0.25, -0.2) is 9.97 Å². The SMILES string of the molecule is O=C([O-])CN(CC(=O)[O-])CC(=O)Nc1ccc(-c2c3nc(c(-c4ccc(NC(=O)CN(CC(=O)[O-])CC(=O)[O-])cc4)c4ccc([nH]4)c(-c4ccc(NC(=O)CN(CC(=O)[O-])CC(=O)[O-])cc4)c4nc(c(-c5ccc(NC(=O)CN(CC(=O)[O-])CC(=O)[O-])cc5)c5ccc2[nH]5)C=C4)C=C3)cc1. The Kier molecular flexibility index (Phi) is 22.9. The first-order chi connectivity index (χ1) is 47.7. The third-order valence-electron chi connectivity index (χ3n) is 14.9. The molecule has 0 saturated heterocycles. The van der Waals surface area contributed by atoms with Gasteiger partial charge < -0.3 is 110 Å². The van der Waals surface area contributed by atoms with E-state index < -0.39 is 150 Å². The van der Waals surface area contributed by atoms with Crippen molar-refractivity contribution in [3.63, 3.8) is 0 Å². The fourth-order valence-corrected chi connectivity index (χ4v) is 11.0. The predicted molar refractivity (Wildman–Crippen MR) is 341 cm³/mol. The lowest BCUT2D eigenvalue weighted by molar-refractivity contribution is -0.312. The van der Waals surface area contributed by atoms with Gasteiger partial charge in [-0.15, -0.1) is 0 Å². The summed E-state index contributed by atoms with van der Waals surface area (Å²) in [6.07, 6.45) is 6.97. The highest BCUT2D eigenvalue weighted by Gasteiger charge is 2.22. The highest BCUT2D eigenvalue weighted by molar-refractivity contribution is 6.02. The minimum absolute atomic E-state index is 0.227. The standard InChI is InChI=1S/C68H62N12O20/c81-53(25-77(29-57(85)86)30-58(87)88)69-41-9-1-37(2-10-41)65-45-17-19-47(73-45)66(38-3-11-42(12-4-38)70-54(82)26-78(31-59(89)90)32-60(91)92)49-21-23-51(75-49)68(40-7-15-44(16-8-40)72-56(84)28-80(35-63(97)98)36-64(99)100)52-24-22-50(76-52)67(48-20-18-46(65)74-48)39-5-13-43(14-6-39)71-55(83)27-79(33-61(93)94)34-62(95)96/h1-24,73,76H,25-36H2,(H,69,81)(H,70,82)(H,71,83)(H,72,84)(H,85,86)(H,87,88)(H,89,90)(H,91,92)(H,93,94)(H,95,96)(H,97,98)(H,99,100)/p-8. The van der Waals surface area contributed by atoms with Crippen molar-refractivity contribution < 1.29 is 98.4 Å². The number of carbonyl (C=O) groups excluding carboxylic acids is 12. The summed E-state index contributed by atoms with van der Waals surface area (Å²) in [5.41, 5.74) is 8.22. The number of hydrogen-bond donors (Lipinski definition) is 6. The van der Waals surface area contributed by atoms with Crippen LogP contribution < -0.4 is 62.1 Å². The molecule has 8 bridgehead atoms. The second kappa shape index (κ2) is 32.1. The molecule has 4 aromatic carbocycles. The van der Waals surface area contributed by atoms with Gasteiger partial charge in [-0.3, -0.25) is 38.8 Å². The minimum atomic E-state index is -1.63. The van der Waals surface area contributed by atoms with Crippen LogP contribution in [0.15, 0.2) is 121 Å². The first-order valence-electron chi connectivity index (χ1n) is 29.9. The van der Waals surface area contributed by atoms with E-state index in [-0.39, 0.29) is 22.7 Å². The van der Waals surface area contributed by atoms with Crippen LogP contribution in [0.3, 0.4) is 0 Å². The van der Waals surface area contributed by atoms with Crippen LogP contribution in [0.1, 0.15) is 22.8 Å². The van der Waals surface area contributed by atoms with Crippen molar-refractivity contribution in [2.45, 2.75) is 0 Å². The van der Waals surface area contributed by atoms with Gasteiger partial charge in [0.15, 0.2) is 0 Å². The summed E-state index contributed by atoms with van der Waals surface area (Å²) in [4.78, 5) is 165. The molecule has 0 unspecified atom stereocenters. The van der Waals surface area contributed by atoms with Crippen molar-refractivity contribution in [2.75, 3.05) is 99.8 Å². The Morgan fingerprint density at radius 1 is 0.260 bits per heavy atom. The van der Waals surface area contributed by atoms with Gasteiger partial charge in [-0.05, 0) is 119 Å². The second-order valence-corrected chi connectivity index (χ2v) is 22.6. The van der Waals surface area contributed by atoms with Crippen LogP contribution in [0.2, 0.25) is 0 Å². The molecule has 0 aliphatic carbocycles. The zero-order chi connectivity index (χ0) is 71.9. The fourth-order valence-electron chi connectivity index (χ4n) is 11.0. The monoisotopic (exact) mass is 1360 g/mol. The van der Waals surface area contributed by atoms with Gasteiger partial charge in [-0.1, -0.05) is 48.5 Å².